The number of fused-ring (bicyclic) bond motifs is 1. The lowest BCUT2D eigenvalue weighted by Gasteiger charge is -2.38. The number of rotatable bonds is 14. The van der Waals surface area contributed by atoms with Crippen LogP contribution < -0.4 is 5.32 Å². The van der Waals surface area contributed by atoms with E-state index in [9.17, 15) is 9.59 Å². The number of imidazole rings is 1. The second-order valence-corrected chi connectivity index (χ2v) is 18.1. The minimum atomic E-state index is -1.60. The number of benzene rings is 1. The van der Waals surface area contributed by atoms with Gasteiger partial charge in [0.2, 0.25) is 7.34 Å². The van der Waals surface area contributed by atoms with Gasteiger partial charge in [-0.3, -0.25) is 14.2 Å². The average Bonchev–Trinajstić information content (AvgIpc) is 3.64. The summed E-state index contributed by atoms with van der Waals surface area (Å²) < 4.78 is 44.0. The molecule has 1 saturated heterocycles. The summed E-state index contributed by atoms with van der Waals surface area (Å²) in [5.41, 5.74) is 1.41. The second-order valence-electron chi connectivity index (χ2n) is 13.7. The molecule has 3 heterocycles. The Morgan fingerprint density at radius 1 is 1.24 bits per heavy atom. The van der Waals surface area contributed by atoms with E-state index in [1.165, 1.54) is 23.9 Å². The maximum Gasteiger partial charge on any atom is 0.259 e. The van der Waals surface area contributed by atoms with E-state index in [-0.39, 0.29) is 65.1 Å². The van der Waals surface area contributed by atoms with Crippen molar-refractivity contribution in [3.05, 3.63) is 41.9 Å². The van der Waals surface area contributed by atoms with Gasteiger partial charge in [0, 0.05) is 43.2 Å². The Bertz CT molecular complexity index is 1490. The molecule has 0 radical (unpaired) electrons. The molecule has 50 heavy (non-hydrogen) atoms. The molecule has 5 unspecified atom stereocenters. The van der Waals surface area contributed by atoms with Crippen molar-refractivity contribution < 1.29 is 34.6 Å². The first-order valence-electron chi connectivity index (χ1n) is 17.9. The highest BCUT2D eigenvalue weighted by atomic mass is 33.1. The van der Waals surface area contributed by atoms with Gasteiger partial charge in [0.15, 0.2) is 23.5 Å². The monoisotopic (exact) mass is 756 g/mol. The number of ether oxygens (including phenoxy) is 2. The minimum absolute atomic E-state index is 0.0523. The van der Waals surface area contributed by atoms with Gasteiger partial charge in [-0.2, -0.15) is 0 Å². The van der Waals surface area contributed by atoms with E-state index in [0.717, 1.165) is 0 Å². The van der Waals surface area contributed by atoms with Crippen molar-refractivity contribution in [2.24, 2.45) is 10.9 Å². The third-order valence-electron chi connectivity index (χ3n) is 7.61. The lowest BCUT2D eigenvalue weighted by Crippen LogP contribution is -2.39. The zero-order valence-electron chi connectivity index (χ0n) is 33.2. The van der Waals surface area contributed by atoms with Gasteiger partial charge in [0.1, 0.15) is 18.0 Å². The van der Waals surface area contributed by atoms with Crippen LogP contribution in [0, 0.1) is 5.92 Å². The van der Waals surface area contributed by atoms with Crippen LogP contribution in [0.3, 0.4) is 0 Å². The van der Waals surface area contributed by atoms with Crippen LogP contribution in [0.25, 0.3) is 0 Å². The van der Waals surface area contributed by atoms with Crippen molar-refractivity contribution in [3.63, 3.8) is 0 Å². The molecule has 1 fully saturated rings. The number of aromatic nitrogens is 2. The normalized spacial score (nSPS) is 21.9. The number of methoxy groups -OCH3 is 1. The smallest absolute Gasteiger partial charge is 0.259 e. The van der Waals surface area contributed by atoms with Crippen LogP contribution in [-0.2, 0) is 29.7 Å². The third kappa shape index (κ3) is 11.1. The predicted octanol–water partition coefficient (Wildman–Crippen LogP) is 7.34. The molecule has 1 amide bonds. The average molecular weight is 757 g/mol. The molecule has 0 spiro atoms. The quantitative estimate of drug-likeness (QED) is 0.148. The molecule has 2 aromatic rings. The third-order valence-corrected chi connectivity index (χ3v) is 13.2. The van der Waals surface area contributed by atoms with Crippen LogP contribution in [0.5, 0.6) is 0 Å². The number of amides is 1. The van der Waals surface area contributed by atoms with Gasteiger partial charge in [-0.25, -0.2) is 14.6 Å². The number of aliphatic imine (C=N–C) groups is 1. The Morgan fingerprint density at radius 3 is 2.52 bits per heavy atom. The summed E-state index contributed by atoms with van der Waals surface area (Å²) in [7, 11) is 4.89. The van der Waals surface area contributed by atoms with Crippen LogP contribution in [0.4, 0.5) is 5.82 Å². The number of nitrogens with zero attached hydrogens (tertiary/aromatic N) is 4. The Labute approximate surface area is 310 Å². The molecular weight excluding hydrogens is 698 g/mol. The maximum absolute atomic E-state index is 13.0. The van der Waals surface area contributed by atoms with Gasteiger partial charge < -0.3 is 28.9 Å². The lowest BCUT2D eigenvalue weighted by atomic mass is 10.1. The zero-order valence-corrected chi connectivity index (χ0v) is 33.7. The molecule has 2 N–H and O–H groups in total. The fraction of sp³-hybridized carbons (Fsp3) is 0.657. The molecule has 0 saturated carbocycles. The van der Waals surface area contributed by atoms with E-state index in [4.69, 9.17) is 21.3 Å². The molecule has 0 aliphatic carbocycles. The number of carbonyl (C=O) groups excluding carboxylic acids is 2. The largest absolute Gasteiger partial charge is 0.400 e. The molecule has 280 valence electrons. The van der Waals surface area contributed by atoms with Crippen molar-refractivity contribution in [2.75, 3.05) is 20.8 Å². The Hall–Kier alpha value is -1.87. The molecule has 12 nitrogen and oxygen atoms in total. The van der Waals surface area contributed by atoms with Gasteiger partial charge in [-0.1, -0.05) is 74.4 Å². The number of aliphatic hydroxyl groups excluding tert-OH is 1. The first-order chi connectivity index (χ1) is 24.6. The molecule has 2 aliphatic heterocycles. The molecule has 5 atom stereocenters. The second kappa shape index (κ2) is 19.3. The number of ketones is 1. The van der Waals surface area contributed by atoms with Crippen molar-refractivity contribution in [3.8, 4) is 0 Å². The van der Waals surface area contributed by atoms with Crippen LogP contribution in [0.15, 0.2) is 40.5 Å². The fourth-order valence-corrected chi connectivity index (χ4v) is 9.37. The first-order valence-corrected chi connectivity index (χ1v) is 20.1. The number of hydrogen-bond acceptors (Lipinski definition) is 12. The zero-order chi connectivity index (χ0) is 38.7. The Morgan fingerprint density at radius 2 is 1.92 bits per heavy atom. The van der Waals surface area contributed by atoms with Gasteiger partial charge >= 0.3 is 0 Å². The van der Waals surface area contributed by atoms with Gasteiger partial charge in [-0.15, -0.1) is 0 Å². The summed E-state index contributed by atoms with van der Waals surface area (Å²) in [5, 5.41) is 6.26. The Kier molecular flexibility index (Phi) is 15.2. The van der Waals surface area contributed by atoms with Gasteiger partial charge in [0.05, 0.1) is 25.5 Å². The summed E-state index contributed by atoms with van der Waals surface area (Å²) in [6, 6.07) is 8.65. The van der Waals surface area contributed by atoms with Crippen LogP contribution in [-0.4, -0.2) is 94.3 Å². The van der Waals surface area contributed by atoms with E-state index < -0.39 is 33.1 Å². The molecular formula is C35H56N5O7PS2. The fourth-order valence-electron chi connectivity index (χ4n) is 5.34. The molecule has 0 bridgehead atoms. The highest BCUT2D eigenvalue weighted by molar-refractivity contribution is 8.77. The van der Waals surface area contributed by atoms with Crippen molar-refractivity contribution in [1.29, 1.82) is 1.43 Å². The van der Waals surface area contributed by atoms with E-state index in [1.807, 2.05) is 10.8 Å². The van der Waals surface area contributed by atoms with E-state index in [0.29, 0.717) is 13.0 Å². The van der Waals surface area contributed by atoms with Gasteiger partial charge in [-0.05, 0) is 52.6 Å². The standard InChI is InChI=1S/C34H52N5O6PS2.CH4O/c1-20(2)32(41)37-27-18-25(40)28-31(36-27)38(19-35-28)33-30(42-11)29(23(7)44-33)45-46(39(21(3)4)22(5)6)43-17-16-24-14-12-13-15-26(24)47-48-34(8,9)10;1-2/h12-15,19-23,29-30,33H,16-18H2,1-11H3,(H,36,37,41);2H,1H3/i7D;2T. The molecule has 1 aromatic carbocycles. The lowest BCUT2D eigenvalue weighted by molar-refractivity contribution is -0.122. The molecule has 15 heteroatoms. The minimum Gasteiger partial charge on any atom is -0.400 e. The van der Waals surface area contributed by atoms with Gasteiger partial charge in [0.25, 0.3) is 8.53 Å². The van der Waals surface area contributed by atoms with Crippen LogP contribution >= 0.6 is 30.1 Å². The molecule has 1 aromatic heterocycles. The number of nitrogens with one attached hydrogen (secondary N) is 1. The van der Waals surface area contributed by atoms with E-state index in [1.54, 1.807) is 36.3 Å². The van der Waals surface area contributed by atoms with E-state index >= 15 is 0 Å². The number of hydrogen-bond donors (Lipinski definition) is 2. The van der Waals surface area contributed by atoms with Crippen LogP contribution in [0.2, 0.25) is 0 Å². The van der Waals surface area contributed by atoms with Crippen molar-refractivity contribution in [1.82, 2.24) is 19.5 Å². The number of amidine groups is 1. The first kappa shape index (κ1) is 39.3. The molecule has 2 aliphatic rings. The summed E-state index contributed by atoms with van der Waals surface area (Å²) in [6.07, 6.45) is -0.614. The summed E-state index contributed by atoms with van der Waals surface area (Å²) in [6.45, 7) is 19.0. The number of carbonyl (C=O) groups is 2. The van der Waals surface area contributed by atoms with Crippen LogP contribution in [0.1, 0.15) is 99.3 Å². The predicted molar refractivity (Wildman–Crippen MR) is 203 cm³/mol. The summed E-state index contributed by atoms with van der Waals surface area (Å²) >= 11 is 0. The van der Waals surface area contributed by atoms with Crippen molar-refractivity contribution in [2.45, 2.75) is 128 Å². The summed E-state index contributed by atoms with van der Waals surface area (Å²) in [4.78, 5) is 35.6. The van der Waals surface area contributed by atoms with Crippen molar-refractivity contribution >= 4 is 53.5 Å². The highest BCUT2D eigenvalue weighted by Crippen LogP contribution is 2.51. The van der Waals surface area contributed by atoms with E-state index in [2.05, 4.69) is 97.8 Å². The number of aliphatic hydroxyl groups is 1. The Balaban J connectivity index is 0.00000235. The summed E-state index contributed by atoms with van der Waals surface area (Å²) in [5.74, 6) is -0.219. The SMILES string of the molecule is [2H]CC1OC(n2cnc3c2N=C(NC(=O)C(C)C)CC3=O)C(OC)C1OP(OCCc1ccccc1SSC(C)(C)C)N(C(C)C)C(C)C.[3H]OC. The maximum atomic E-state index is 13.0. The number of Topliss-reactive ketones (excluding diaryl/α,β-unsaturated/α-hetero) is 1. The molecule has 4 rings (SSSR count). The highest BCUT2D eigenvalue weighted by Gasteiger charge is 2.48. The topological polar surface area (TPSA) is 137 Å².